The van der Waals surface area contributed by atoms with Crippen molar-refractivity contribution in [2.45, 2.75) is 32.2 Å². The molecule has 3 fully saturated rings. The van der Waals surface area contributed by atoms with Crippen molar-refractivity contribution < 1.29 is 0 Å². The van der Waals surface area contributed by atoms with Gasteiger partial charge in [0.05, 0.1) is 15.3 Å². The molecule has 0 amide bonds. The Morgan fingerprint density at radius 2 is 1.81 bits per heavy atom. The smallest absolute Gasteiger partial charge is 0.149 e. The number of halogens is 1. The summed E-state index contributed by atoms with van der Waals surface area (Å²) in [5.74, 6) is 1.94. The molecule has 0 aromatic carbocycles. The van der Waals surface area contributed by atoms with Gasteiger partial charge in [-0.05, 0) is 22.6 Å². The van der Waals surface area contributed by atoms with Crippen LogP contribution >= 0.6 is 22.6 Å². The molecule has 3 saturated heterocycles. The maximum absolute atomic E-state index is 4.97. The zero-order valence-electron chi connectivity index (χ0n) is 13.3. The molecule has 1 aromatic rings. The largest absolute Gasteiger partial charge is 0.372 e. The highest BCUT2D eigenvalue weighted by Gasteiger charge is 2.36. The molecule has 0 spiro atoms. The Bertz CT molecular complexity index is 532. The van der Waals surface area contributed by atoms with E-state index in [-0.39, 0.29) is 5.41 Å². The van der Waals surface area contributed by atoms with E-state index in [4.69, 9.17) is 9.97 Å². The Kier molecular flexibility index (Phi) is 4.13. The van der Waals surface area contributed by atoms with Crippen LogP contribution in [0.3, 0.4) is 0 Å². The molecule has 0 aliphatic carbocycles. The van der Waals surface area contributed by atoms with Crippen molar-refractivity contribution in [1.82, 2.24) is 19.8 Å². The van der Waals surface area contributed by atoms with Gasteiger partial charge in [0.15, 0.2) is 0 Å². The van der Waals surface area contributed by atoms with E-state index in [0.717, 1.165) is 40.5 Å². The first-order valence-electron chi connectivity index (χ1n) is 7.62. The van der Waals surface area contributed by atoms with Gasteiger partial charge >= 0.3 is 0 Å². The van der Waals surface area contributed by atoms with Gasteiger partial charge in [0.2, 0.25) is 0 Å². The number of rotatable bonds is 2. The standard InChI is InChI=1S/C15H24IN5/c1-15(2,3)12-11(16)14(17-4)19-13(18-12)10-9-20-5-7-21(10)8-6-20/h10H,5-9H2,1-4H3,(H,17,18,19). The average Bonchev–Trinajstić information content (AvgIpc) is 2.47. The summed E-state index contributed by atoms with van der Waals surface area (Å²) in [6.45, 7) is 12.4. The van der Waals surface area contributed by atoms with E-state index in [2.05, 4.69) is 58.5 Å². The highest BCUT2D eigenvalue weighted by molar-refractivity contribution is 14.1. The van der Waals surface area contributed by atoms with Gasteiger partial charge in [-0.25, -0.2) is 9.97 Å². The third-order valence-electron chi connectivity index (χ3n) is 4.39. The Balaban J connectivity index is 2.03. The number of anilines is 1. The van der Waals surface area contributed by atoms with Crippen LogP contribution in [-0.4, -0.2) is 59.5 Å². The van der Waals surface area contributed by atoms with Gasteiger partial charge in [-0.3, -0.25) is 9.80 Å². The Morgan fingerprint density at radius 1 is 1.14 bits per heavy atom. The first-order chi connectivity index (χ1) is 9.90. The van der Waals surface area contributed by atoms with E-state index in [9.17, 15) is 0 Å². The molecule has 4 rings (SSSR count). The summed E-state index contributed by atoms with van der Waals surface area (Å²) in [6.07, 6.45) is 0. The summed E-state index contributed by atoms with van der Waals surface area (Å²) in [6, 6.07) is 0.345. The molecule has 1 unspecified atom stereocenters. The topological polar surface area (TPSA) is 44.3 Å². The number of hydrogen-bond donors (Lipinski definition) is 1. The molecule has 1 N–H and O–H groups in total. The first kappa shape index (κ1) is 15.4. The van der Waals surface area contributed by atoms with Gasteiger partial charge in [-0.1, -0.05) is 20.8 Å². The van der Waals surface area contributed by atoms with E-state index < -0.39 is 0 Å². The van der Waals surface area contributed by atoms with Crippen molar-refractivity contribution in [2.75, 3.05) is 45.1 Å². The first-order valence-corrected chi connectivity index (χ1v) is 8.70. The maximum Gasteiger partial charge on any atom is 0.149 e. The molecule has 4 heterocycles. The van der Waals surface area contributed by atoms with Crippen LogP contribution in [0.15, 0.2) is 0 Å². The minimum Gasteiger partial charge on any atom is -0.372 e. The number of nitrogens with one attached hydrogen (secondary N) is 1. The van der Waals surface area contributed by atoms with Crippen molar-refractivity contribution in [3.8, 4) is 0 Å². The summed E-state index contributed by atoms with van der Waals surface area (Å²) in [5.41, 5.74) is 1.18. The minimum atomic E-state index is 0.0309. The predicted molar refractivity (Wildman–Crippen MR) is 93.7 cm³/mol. The lowest BCUT2D eigenvalue weighted by atomic mass is 9.91. The van der Waals surface area contributed by atoms with Crippen LogP contribution < -0.4 is 5.32 Å². The lowest BCUT2D eigenvalue weighted by Gasteiger charge is -2.46. The van der Waals surface area contributed by atoms with Crippen LogP contribution in [0.4, 0.5) is 5.82 Å². The fourth-order valence-corrected chi connectivity index (χ4v) is 4.46. The second kappa shape index (κ2) is 5.62. The number of hydrogen-bond acceptors (Lipinski definition) is 5. The van der Waals surface area contributed by atoms with Gasteiger partial charge in [0.1, 0.15) is 11.6 Å². The quantitative estimate of drug-likeness (QED) is 0.770. The number of aromatic nitrogens is 2. The molecular formula is C15H24IN5. The molecule has 5 nitrogen and oxygen atoms in total. The maximum atomic E-state index is 4.97. The summed E-state index contributed by atoms with van der Waals surface area (Å²) in [4.78, 5) is 14.8. The molecule has 21 heavy (non-hydrogen) atoms. The highest BCUT2D eigenvalue weighted by Crippen LogP contribution is 2.33. The lowest BCUT2D eigenvalue weighted by Crippen LogP contribution is -2.57. The van der Waals surface area contributed by atoms with Crippen molar-refractivity contribution in [2.24, 2.45) is 0 Å². The minimum absolute atomic E-state index is 0.0309. The fourth-order valence-electron chi connectivity index (χ4n) is 3.14. The Morgan fingerprint density at radius 3 is 2.29 bits per heavy atom. The lowest BCUT2D eigenvalue weighted by molar-refractivity contribution is 0.00853. The molecule has 3 aliphatic rings. The Hall–Kier alpha value is -0.470. The average molecular weight is 401 g/mol. The van der Waals surface area contributed by atoms with E-state index in [1.165, 1.54) is 13.1 Å². The molecule has 3 aliphatic heterocycles. The van der Waals surface area contributed by atoms with E-state index in [1.54, 1.807) is 0 Å². The molecule has 0 saturated carbocycles. The van der Waals surface area contributed by atoms with E-state index in [1.807, 2.05) is 7.05 Å². The third-order valence-corrected chi connectivity index (χ3v) is 5.41. The summed E-state index contributed by atoms with van der Waals surface area (Å²) >= 11 is 2.37. The molecule has 2 bridgehead atoms. The number of fused-ring (bicyclic) bond motifs is 3. The van der Waals surface area contributed by atoms with Crippen LogP contribution in [0.1, 0.15) is 38.3 Å². The van der Waals surface area contributed by atoms with Crippen molar-refractivity contribution in [1.29, 1.82) is 0 Å². The van der Waals surface area contributed by atoms with Gasteiger partial charge in [0, 0.05) is 45.2 Å². The molecule has 6 heteroatoms. The van der Waals surface area contributed by atoms with E-state index in [0.29, 0.717) is 6.04 Å². The van der Waals surface area contributed by atoms with Crippen LogP contribution in [0.5, 0.6) is 0 Å². The predicted octanol–water partition coefficient (Wildman–Crippen LogP) is 2.09. The Labute approximate surface area is 140 Å². The summed E-state index contributed by atoms with van der Waals surface area (Å²) in [5, 5.41) is 3.24. The second-order valence-electron chi connectivity index (χ2n) is 6.95. The van der Waals surface area contributed by atoms with Gasteiger partial charge in [0.25, 0.3) is 0 Å². The van der Waals surface area contributed by atoms with Gasteiger partial charge in [-0.15, -0.1) is 0 Å². The van der Waals surface area contributed by atoms with Crippen LogP contribution in [0, 0.1) is 3.57 Å². The van der Waals surface area contributed by atoms with Gasteiger partial charge < -0.3 is 5.32 Å². The third kappa shape index (κ3) is 2.90. The van der Waals surface area contributed by atoms with Gasteiger partial charge in [-0.2, -0.15) is 0 Å². The monoisotopic (exact) mass is 401 g/mol. The normalized spacial score (nSPS) is 28.7. The van der Waals surface area contributed by atoms with Crippen LogP contribution in [-0.2, 0) is 5.41 Å². The van der Waals surface area contributed by atoms with Crippen LogP contribution in [0.25, 0.3) is 0 Å². The molecule has 1 atom stereocenters. The fraction of sp³-hybridized carbons (Fsp3) is 0.733. The van der Waals surface area contributed by atoms with Crippen LogP contribution in [0.2, 0.25) is 0 Å². The number of nitrogens with zero attached hydrogens (tertiary/aromatic N) is 4. The van der Waals surface area contributed by atoms with Crippen molar-refractivity contribution >= 4 is 28.4 Å². The summed E-state index contributed by atoms with van der Waals surface area (Å²) in [7, 11) is 1.94. The van der Waals surface area contributed by atoms with E-state index >= 15 is 0 Å². The number of piperazine rings is 3. The second-order valence-corrected chi connectivity index (χ2v) is 8.02. The highest BCUT2D eigenvalue weighted by atomic mass is 127. The zero-order valence-corrected chi connectivity index (χ0v) is 15.4. The SMILES string of the molecule is CNc1nc(C2CN3CCN2CC3)nc(C(C)(C)C)c1I. The molecule has 116 valence electrons. The van der Waals surface area contributed by atoms with Crippen molar-refractivity contribution in [3.05, 3.63) is 15.1 Å². The molecule has 0 radical (unpaired) electrons. The zero-order chi connectivity index (χ0) is 15.2. The van der Waals surface area contributed by atoms with Crippen molar-refractivity contribution in [3.63, 3.8) is 0 Å². The molecular weight excluding hydrogens is 377 g/mol. The molecule has 1 aromatic heterocycles. The summed E-state index contributed by atoms with van der Waals surface area (Å²) < 4.78 is 1.14.